The smallest absolute Gasteiger partial charge is 0.283 e. The Bertz CT molecular complexity index is 336. The molecule has 0 spiro atoms. The van der Waals surface area contributed by atoms with E-state index in [-0.39, 0.29) is 11.6 Å². The maximum absolute atomic E-state index is 5.46. The molecule has 4 heteroatoms. The quantitative estimate of drug-likeness (QED) is 0.684. The molecule has 0 fully saturated rings. The summed E-state index contributed by atoms with van der Waals surface area (Å²) >= 11 is 0. The Morgan fingerprint density at radius 1 is 1.46 bits per heavy atom. The van der Waals surface area contributed by atoms with Crippen molar-refractivity contribution >= 4 is 6.02 Å². The SMILES string of the molecule is CC1(c2ccncc2)COC(N)=N1. The first-order valence-corrected chi connectivity index (χ1v) is 4.09. The molecule has 0 aromatic carbocycles. The number of hydrogen-bond acceptors (Lipinski definition) is 4. The maximum Gasteiger partial charge on any atom is 0.283 e. The first-order chi connectivity index (χ1) is 6.21. The molecule has 1 aromatic rings. The summed E-state index contributed by atoms with van der Waals surface area (Å²) < 4.78 is 5.13. The van der Waals surface area contributed by atoms with Crippen molar-refractivity contribution in [1.82, 2.24) is 4.98 Å². The van der Waals surface area contributed by atoms with Gasteiger partial charge in [-0.2, -0.15) is 0 Å². The Morgan fingerprint density at radius 3 is 2.69 bits per heavy atom. The number of nitrogens with zero attached hydrogens (tertiary/aromatic N) is 2. The molecular formula is C9H11N3O. The molecule has 0 aliphatic carbocycles. The molecule has 0 saturated carbocycles. The highest BCUT2D eigenvalue weighted by Crippen LogP contribution is 2.28. The molecule has 0 amide bonds. The molecule has 2 rings (SSSR count). The average molecular weight is 177 g/mol. The van der Waals surface area contributed by atoms with Gasteiger partial charge in [0.1, 0.15) is 12.1 Å². The summed E-state index contributed by atoms with van der Waals surface area (Å²) in [7, 11) is 0. The first kappa shape index (κ1) is 8.04. The number of rotatable bonds is 1. The molecular weight excluding hydrogens is 166 g/mol. The molecule has 68 valence electrons. The van der Waals surface area contributed by atoms with Crippen molar-refractivity contribution in [1.29, 1.82) is 0 Å². The topological polar surface area (TPSA) is 60.5 Å². The number of ether oxygens (including phenoxy) is 1. The lowest BCUT2D eigenvalue weighted by atomic mass is 9.95. The van der Waals surface area contributed by atoms with Gasteiger partial charge in [0.05, 0.1) is 0 Å². The highest BCUT2D eigenvalue weighted by atomic mass is 16.5. The maximum atomic E-state index is 5.46. The van der Waals surface area contributed by atoms with Gasteiger partial charge in [0, 0.05) is 12.4 Å². The Morgan fingerprint density at radius 2 is 2.15 bits per heavy atom. The summed E-state index contributed by atoms with van der Waals surface area (Å²) in [5.41, 5.74) is 6.19. The molecule has 1 aliphatic rings. The summed E-state index contributed by atoms with van der Waals surface area (Å²) in [4.78, 5) is 8.18. The predicted octanol–water partition coefficient (Wildman–Crippen LogP) is 0.642. The lowest BCUT2D eigenvalue weighted by Gasteiger charge is -2.17. The fraction of sp³-hybridized carbons (Fsp3) is 0.333. The Hall–Kier alpha value is -1.58. The van der Waals surface area contributed by atoms with Crippen molar-refractivity contribution in [2.45, 2.75) is 12.5 Å². The zero-order valence-electron chi connectivity index (χ0n) is 7.40. The summed E-state index contributed by atoms with van der Waals surface area (Å²) in [6.45, 7) is 2.49. The van der Waals surface area contributed by atoms with Gasteiger partial charge >= 0.3 is 0 Å². The van der Waals surface area contributed by atoms with Gasteiger partial charge < -0.3 is 10.5 Å². The number of nitrogens with two attached hydrogens (primary N) is 1. The molecule has 2 N–H and O–H groups in total. The van der Waals surface area contributed by atoms with E-state index in [0.717, 1.165) is 5.56 Å². The lowest BCUT2D eigenvalue weighted by molar-refractivity contribution is 0.266. The number of hydrogen-bond donors (Lipinski definition) is 1. The van der Waals surface area contributed by atoms with Gasteiger partial charge in [-0.1, -0.05) is 0 Å². The van der Waals surface area contributed by atoms with Crippen LogP contribution in [0.2, 0.25) is 0 Å². The highest BCUT2D eigenvalue weighted by Gasteiger charge is 2.32. The summed E-state index contributed by atoms with van der Waals surface area (Å²) in [6.07, 6.45) is 3.48. The van der Waals surface area contributed by atoms with E-state index in [1.807, 2.05) is 19.1 Å². The van der Waals surface area contributed by atoms with Crippen molar-refractivity contribution in [3.63, 3.8) is 0 Å². The highest BCUT2D eigenvalue weighted by molar-refractivity contribution is 5.74. The molecule has 0 bridgehead atoms. The third-order valence-electron chi connectivity index (χ3n) is 2.16. The van der Waals surface area contributed by atoms with Crippen LogP contribution in [0.4, 0.5) is 0 Å². The van der Waals surface area contributed by atoms with Crippen LogP contribution in [0.15, 0.2) is 29.5 Å². The Labute approximate surface area is 76.5 Å². The Balaban J connectivity index is 2.37. The zero-order valence-corrected chi connectivity index (χ0v) is 7.40. The predicted molar refractivity (Wildman–Crippen MR) is 49.2 cm³/mol. The van der Waals surface area contributed by atoms with Crippen LogP contribution < -0.4 is 5.73 Å². The summed E-state index contributed by atoms with van der Waals surface area (Å²) in [5, 5.41) is 0. The van der Waals surface area contributed by atoms with Crippen LogP contribution in [0.1, 0.15) is 12.5 Å². The molecule has 13 heavy (non-hydrogen) atoms. The molecule has 1 unspecified atom stereocenters. The standard InChI is InChI=1S/C9H11N3O/c1-9(6-13-8(10)12-9)7-2-4-11-5-3-7/h2-5H,6H2,1H3,(H2,10,12). The van der Waals surface area contributed by atoms with Gasteiger partial charge in [-0.25, -0.2) is 4.99 Å². The lowest BCUT2D eigenvalue weighted by Crippen LogP contribution is -2.20. The van der Waals surface area contributed by atoms with E-state index >= 15 is 0 Å². The van der Waals surface area contributed by atoms with Crippen LogP contribution >= 0.6 is 0 Å². The van der Waals surface area contributed by atoms with E-state index in [1.54, 1.807) is 12.4 Å². The fourth-order valence-corrected chi connectivity index (χ4v) is 1.38. The van der Waals surface area contributed by atoms with Crippen LogP contribution in [-0.2, 0) is 10.3 Å². The molecule has 1 aromatic heterocycles. The van der Waals surface area contributed by atoms with Gasteiger partial charge in [-0.3, -0.25) is 4.98 Å². The van der Waals surface area contributed by atoms with E-state index in [4.69, 9.17) is 10.5 Å². The fourth-order valence-electron chi connectivity index (χ4n) is 1.38. The number of pyridine rings is 1. The van der Waals surface area contributed by atoms with Crippen LogP contribution in [0.3, 0.4) is 0 Å². The van der Waals surface area contributed by atoms with Gasteiger partial charge in [-0.15, -0.1) is 0 Å². The van der Waals surface area contributed by atoms with Gasteiger partial charge in [0.2, 0.25) is 0 Å². The minimum atomic E-state index is -0.340. The van der Waals surface area contributed by atoms with E-state index in [2.05, 4.69) is 9.98 Å². The minimum Gasteiger partial charge on any atom is -0.462 e. The second-order valence-electron chi connectivity index (χ2n) is 3.25. The van der Waals surface area contributed by atoms with Crippen LogP contribution in [0.25, 0.3) is 0 Å². The van der Waals surface area contributed by atoms with Crippen molar-refractivity contribution in [3.05, 3.63) is 30.1 Å². The molecule has 2 heterocycles. The summed E-state index contributed by atoms with van der Waals surface area (Å²) in [6, 6.07) is 4.11. The Kier molecular flexibility index (Phi) is 1.69. The largest absolute Gasteiger partial charge is 0.462 e. The summed E-state index contributed by atoms with van der Waals surface area (Å²) in [5.74, 6) is 0. The van der Waals surface area contributed by atoms with Gasteiger partial charge in [0.15, 0.2) is 0 Å². The monoisotopic (exact) mass is 177 g/mol. The van der Waals surface area contributed by atoms with Gasteiger partial charge in [0.25, 0.3) is 6.02 Å². The van der Waals surface area contributed by atoms with Crippen LogP contribution in [-0.4, -0.2) is 17.6 Å². The van der Waals surface area contributed by atoms with E-state index in [1.165, 1.54) is 0 Å². The molecule has 4 nitrogen and oxygen atoms in total. The van der Waals surface area contributed by atoms with Crippen molar-refractivity contribution in [2.24, 2.45) is 10.7 Å². The number of amidine groups is 1. The van der Waals surface area contributed by atoms with Crippen LogP contribution in [0.5, 0.6) is 0 Å². The minimum absolute atomic E-state index is 0.263. The number of aromatic nitrogens is 1. The average Bonchev–Trinajstić information content (AvgIpc) is 2.49. The second kappa shape index (κ2) is 2.73. The van der Waals surface area contributed by atoms with E-state index in [9.17, 15) is 0 Å². The van der Waals surface area contributed by atoms with E-state index < -0.39 is 0 Å². The first-order valence-electron chi connectivity index (χ1n) is 4.09. The van der Waals surface area contributed by atoms with E-state index in [0.29, 0.717) is 6.61 Å². The molecule has 0 radical (unpaired) electrons. The molecule has 1 atom stereocenters. The molecule has 1 aliphatic heterocycles. The normalized spacial score (nSPS) is 26.7. The third-order valence-corrected chi connectivity index (χ3v) is 2.16. The van der Waals surface area contributed by atoms with Crippen molar-refractivity contribution in [3.8, 4) is 0 Å². The molecule has 0 saturated heterocycles. The zero-order chi connectivity index (χ0) is 9.31. The van der Waals surface area contributed by atoms with Crippen LogP contribution in [0, 0.1) is 0 Å². The second-order valence-corrected chi connectivity index (χ2v) is 3.25. The van der Waals surface area contributed by atoms with Crippen molar-refractivity contribution in [2.75, 3.05) is 6.61 Å². The third kappa shape index (κ3) is 1.35. The van der Waals surface area contributed by atoms with Gasteiger partial charge in [-0.05, 0) is 24.6 Å². The van der Waals surface area contributed by atoms with Crippen molar-refractivity contribution < 1.29 is 4.74 Å². The number of aliphatic imine (C=N–C) groups is 1.